The third-order valence-electron chi connectivity index (χ3n) is 3.07. The van der Waals surface area contributed by atoms with Crippen LogP contribution in [0.15, 0.2) is 17.5 Å². The second-order valence-electron chi connectivity index (χ2n) is 4.17. The Labute approximate surface area is 96.1 Å². The van der Waals surface area contributed by atoms with Gasteiger partial charge in [-0.25, -0.2) is 0 Å². The highest BCUT2D eigenvalue weighted by Crippen LogP contribution is 2.23. The van der Waals surface area contributed by atoms with Gasteiger partial charge >= 0.3 is 0 Å². The minimum Gasteiger partial charge on any atom is -0.317 e. The van der Waals surface area contributed by atoms with Crippen molar-refractivity contribution < 1.29 is 0 Å². The van der Waals surface area contributed by atoms with Crippen molar-refractivity contribution in [2.45, 2.75) is 38.3 Å². The monoisotopic (exact) mass is 224 g/mol. The summed E-state index contributed by atoms with van der Waals surface area (Å²) in [6.07, 6.45) is 3.72. The Morgan fingerprint density at radius 1 is 1.53 bits per heavy atom. The van der Waals surface area contributed by atoms with Crippen molar-refractivity contribution in [1.29, 1.82) is 0 Å². The summed E-state index contributed by atoms with van der Waals surface area (Å²) in [5.41, 5.74) is 0. The van der Waals surface area contributed by atoms with Gasteiger partial charge in [-0.15, -0.1) is 11.3 Å². The molecule has 0 spiro atoms. The predicted octanol–water partition coefficient (Wildman–Crippen LogP) is 2.54. The molecule has 2 rings (SSSR count). The Balaban J connectivity index is 1.90. The van der Waals surface area contributed by atoms with Gasteiger partial charge in [0, 0.05) is 17.0 Å². The van der Waals surface area contributed by atoms with Gasteiger partial charge in [0.05, 0.1) is 0 Å². The highest BCUT2D eigenvalue weighted by Gasteiger charge is 2.17. The standard InChI is InChI=1S/C12H20N2S/c1-2-11(12-4-3-9-15-12)14-10-5-7-13-8-6-10/h3-4,9-11,13-14H,2,5-8H2,1H3. The van der Waals surface area contributed by atoms with Gasteiger partial charge in [-0.2, -0.15) is 0 Å². The van der Waals surface area contributed by atoms with Crippen molar-refractivity contribution in [2.24, 2.45) is 0 Å². The van der Waals surface area contributed by atoms with Gasteiger partial charge in [0.2, 0.25) is 0 Å². The molecule has 15 heavy (non-hydrogen) atoms. The quantitative estimate of drug-likeness (QED) is 0.821. The van der Waals surface area contributed by atoms with Crippen molar-refractivity contribution in [1.82, 2.24) is 10.6 Å². The van der Waals surface area contributed by atoms with Gasteiger partial charge in [-0.05, 0) is 43.8 Å². The molecule has 3 heteroatoms. The van der Waals surface area contributed by atoms with Crippen molar-refractivity contribution >= 4 is 11.3 Å². The first kappa shape index (κ1) is 11.1. The van der Waals surface area contributed by atoms with E-state index >= 15 is 0 Å². The summed E-state index contributed by atoms with van der Waals surface area (Å²) in [5.74, 6) is 0. The number of rotatable bonds is 4. The van der Waals surface area contributed by atoms with Crippen LogP contribution in [0.1, 0.15) is 37.1 Å². The van der Waals surface area contributed by atoms with Crippen LogP contribution < -0.4 is 10.6 Å². The molecule has 1 aromatic rings. The lowest BCUT2D eigenvalue weighted by molar-refractivity contribution is 0.347. The van der Waals surface area contributed by atoms with Crippen LogP contribution in [0.25, 0.3) is 0 Å². The van der Waals surface area contributed by atoms with E-state index in [2.05, 4.69) is 35.1 Å². The lowest BCUT2D eigenvalue weighted by atomic mass is 10.0. The van der Waals surface area contributed by atoms with Crippen LogP contribution in [0.3, 0.4) is 0 Å². The van der Waals surface area contributed by atoms with Gasteiger partial charge in [0.1, 0.15) is 0 Å². The maximum atomic E-state index is 3.78. The second-order valence-corrected chi connectivity index (χ2v) is 5.15. The Morgan fingerprint density at radius 3 is 2.93 bits per heavy atom. The fourth-order valence-corrected chi connectivity index (χ4v) is 3.03. The summed E-state index contributed by atoms with van der Waals surface area (Å²) in [7, 11) is 0. The summed E-state index contributed by atoms with van der Waals surface area (Å²) < 4.78 is 0. The van der Waals surface area contributed by atoms with Crippen LogP contribution in [0, 0.1) is 0 Å². The topological polar surface area (TPSA) is 24.1 Å². The predicted molar refractivity (Wildman–Crippen MR) is 66.4 cm³/mol. The van der Waals surface area contributed by atoms with Crippen molar-refractivity contribution in [3.8, 4) is 0 Å². The molecule has 0 amide bonds. The number of thiophene rings is 1. The first-order chi connectivity index (χ1) is 7.40. The highest BCUT2D eigenvalue weighted by molar-refractivity contribution is 7.10. The molecule has 0 aromatic carbocycles. The zero-order valence-electron chi connectivity index (χ0n) is 9.33. The van der Waals surface area contributed by atoms with Crippen molar-refractivity contribution in [3.63, 3.8) is 0 Å². The molecular weight excluding hydrogens is 204 g/mol. The van der Waals surface area contributed by atoms with E-state index in [0.717, 1.165) is 0 Å². The maximum Gasteiger partial charge on any atom is 0.0414 e. The summed E-state index contributed by atoms with van der Waals surface area (Å²) in [6.45, 7) is 4.59. The molecule has 1 aliphatic heterocycles. The Hall–Kier alpha value is -0.380. The van der Waals surface area contributed by atoms with Crippen molar-refractivity contribution in [2.75, 3.05) is 13.1 Å². The Kier molecular flexibility index (Phi) is 4.18. The van der Waals surface area contributed by atoms with Crippen LogP contribution in [0.5, 0.6) is 0 Å². The zero-order valence-corrected chi connectivity index (χ0v) is 10.1. The summed E-state index contributed by atoms with van der Waals surface area (Å²) in [4.78, 5) is 1.48. The minimum atomic E-state index is 0.563. The molecule has 1 saturated heterocycles. The van der Waals surface area contributed by atoms with E-state index < -0.39 is 0 Å². The van der Waals surface area contributed by atoms with Crippen LogP contribution >= 0.6 is 11.3 Å². The number of nitrogens with one attached hydrogen (secondary N) is 2. The average Bonchev–Trinajstić information content (AvgIpc) is 2.81. The van der Waals surface area contributed by atoms with Gasteiger partial charge in [0.15, 0.2) is 0 Å². The van der Waals surface area contributed by atoms with Crippen LogP contribution in [-0.4, -0.2) is 19.1 Å². The second kappa shape index (κ2) is 5.64. The molecule has 84 valence electrons. The first-order valence-electron chi connectivity index (χ1n) is 5.90. The van der Waals surface area contributed by atoms with Gasteiger partial charge < -0.3 is 10.6 Å². The van der Waals surface area contributed by atoms with E-state index in [1.54, 1.807) is 0 Å². The third-order valence-corrected chi connectivity index (χ3v) is 4.06. The molecule has 2 nitrogen and oxygen atoms in total. The maximum absolute atomic E-state index is 3.78. The molecule has 0 bridgehead atoms. The molecule has 0 saturated carbocycles. The molecule has 1 fully saturated rings. The molecule has 2 N–H and O–H groups in total. The largest absolute Gasteiger partial charge is 0.317 e. The molecule has 1 aliphatic rings. The lowest BCUT2D eigenvalue weighted by Gasteiger charge is -2.28. The fourth-order valence-electron chi connectivity index (χ4n) is 2.16. The van der Waals surface area contributed by atoms with Gasteiger partial charge in [-0.1, -0.05) is 13.0 Å². The van der Waals surface area contributed by atoms with E-state index in [1.807, 2.05) is 11.3 Å². The summed E-state index contributed by atoms with van der Waals surface area (Å²) >= 11 is 1.87. The highest BCUT2D eigenvalue weighted by atomic mass is 32.1. The third kappa shape index (κ3) is 3.03. The Morgan fingerprint density at radius 2 is 2.33 bits per heavy atom. The van der Waals surface area contributed by atoms with E-state index in [9.17, 15) is 0 Å². The van der Waals surface area contributed by atoms with Crippen molar-refractivity contribution in [3.05, 3.63) is 22.4 Å². The molecular formula is C12H20N2S. The smallest absolute Gasteiger partial charge is 0.0414 e. The minimum absolute atomic E-state index is 0.563. The number of piperidine rings is 1. The van der Waals surface area contributed by atoms with Gasteiger partial charge in [-0.3, -0.25) is 0 Å². The fraction of sp³-hybridized carbons (Fsp3) is 0.667. The Bertz CT molecular complexity index is 265. The summed E-state index contributed by atoms with van der Waals surface area (Å²) in [5, 5.41) is 9.35. The molecule has 2 heterocycles. The molecule has 1 atom stereocenters. The zero-order chi connectivity index (χ0) is 10.5. The lowest BCUT2D eigenvalue weighted by Crippen LogP contribution is -2.41. The van der Waals surface area contributed by atoms with E-state index in [-0.39, 0.29) is 0 Å². The number of hydrogen-bond donors (Lipinski definition) is 2. The summed E-state index contributed by atoms with van der Waals surface area (Å²) in [6, 6.07) is 5.66. The van der Waals surface area contributed by atoms with Crippen LogP contribution in [0.4, 0.5) is 0 Å². The molecule has 0 radical (unpaired) electrons. The van der Waals surface area contributed by atoms with Crippen LogP contribution in [0.2, 0.25) is 0 Å². The molecule has 1 unspecified atom stereocenters. The normalized spacial score (nSPS) is 20.3. The average molecular weight is 224 g/mol. The van der Waals surface area contributed by atoms with Crippen LogP contribution in [-0.2, 0) is 0 Å². The number of hydrogen-bond acceptors (Lipinski definition) is 3. The van der Waals surface area contributed by atoms with E-state index in [4.69, 9.17) is 0 Å². The molecule has 1 aromatic heterocycles. The first-order valence-corrected chi connectivity index (χ1v) is 6.78. The van der Waals surface area contributed by atoms with Gasteiger partial charge in [0.25, 0.3) is 0 Å². The van der Waals surface area contributed by atoms with E-state index in [0.29, 0.717) is 12.1 Å². The SMILES string of the molecule is CCC(NC1CCNCC1)c1cccs1. The van der Waals surface area contributed by atoms with E-state index in [1.165, 1.54) is 37.2 Å². The molecule has 0 aliphatic carbocycles.